The monoisotopic (exact) mass is 938 g/mol. The maximum absolute atomic E-state index is 13.3. The fraction of sp³-hybridized carbons (Fsp3) is 0.891. The third-order valence-corrected chi connectivity index (χ3v) is 13.1. The van der Waals surface area contributed by atoms with E-state index >= 15 is 0 Å². The zero-order valence-corrected chi connectivity index (χ0v) is 42.6. The van der Waals surface area contributed by atoms with Crippen molar-refractivity contribution in [3.05, 3.63) is 24.3 Å². The third-order valence-electron chi connectivity index (χ3n) is 13.1. The summed E-state index contributed by atoms with van der Waals surface area (Å²) in [6.07, 6.45) is 38.0. The molecule has 8 unspecified atom stereocenters. The lowest BCUT2D eigenvalue weighted by atomic mass is 9.99. The van der Waals surface area contributed by atoms with Crippen molar-refractivity contribution in [3.63, 3.8) is 0 Å². The first-order valence-electron chi connectivity index (χ1n) is 27.6. The van der Waals surface area contributed by atoms with Gasteiger partial charge in [-0.25, -0.2) is 0 Å². The Kier molecular flexibility index (Phi) is 41.8. The molecule has 6 N–H and O–H groups in total. The number of esters is 1. The number of aliphatic hydroxyl groups excluding tert-OH is 5. The number of nitrogens with one attached hydrogen (secondary N) is 1. The highest BCUT2D eigenvalue weighted by atomic mass is 16.7. The van der Waals surface area contributed by atoms with Gasteiger partial charge in [0.05, 0.1) is 25.4 Å². The van der Waals surface area contributed by atoms with Crippen LogP contribution in [0.1, 0.15) is 252 Å². The Morgan fingerprint density at radius 3 is 1.52 bits per heavy atom. The number of carbonyl (C=O) groups excluding carboxylic acids is 2. The highest BCUT2D eigenvalue weighted by molar-refractivity contribution is 5.80. The van der Waals surface area contributed by atoms with Crippen molar-refractivity contribution in [2.75, 3.05) is 13.2 Å². The van der Waals surface area contributed by atoms with Gasteiger partial charge in [0.15, 0.2) is 12.4 Å². The molecule has 0 aromatic heterocycles. The molecular weight excluding hydrogens is 835 g/mol. The second kappa shape index (κ2) is 44.4. The number of carbonyl (C=O) groups is 2. The van der Waals surface area contributed by atoms with Gasteiger partial charge in [0.25, 0.3) is 0 Å². The second-order valence-corrected chi connectivity index (χ2v) is 19.3. The molecule has 1 heterocycles. The molecule has 1 aliphatic heterocycles. The molecule has 11 nitrogen and oxygen atoms in total. The summed E-state index contributed by atoms with van der Waals surface area (Å²) in [6, 6.07) is -1.02. The molecule has 0 saturated carbocycles. The molecule has 0 aliphatic carbocycles. The van der Waals surface area contributed by atoms with Crippen LogP contribution in [0.2, 0.25) is 0 Å². The highest BCUT2D eigenvalue weighted by Crippen LogP contribution is 2.26. The minimum atomic E-state index is -1.61. The fourth-order valence-electron chi connectivity index (χ4n) is 8.63. The van der Waals surface area contributed by atoms with Crippen molar-refractivity contribution in [3.8, 4) is 0 Å². The van der Waals surface area contributed by atoms with E-state index in [1.54, 1.807) is 6.08 Å². The largest absolute Gasteiger partial charge is 0.454 e. The van der Waals surface area contributed by atoms with E-state index in [9.17, 15) is 35.1 Å². The van der Waals surface area contributed by atoms with Gasteiger partial charge in [-0.3, -0.25) is 9.59 Å². The number of ether oxygens (including phenoxy) is 3. The van der Waals surface area contributed by atoms with E-state index in [1.165, 1.54) is 128 Å². The molecule has 1 rings (SSSR count). The van der Waals surface area contributed by atoms with E-state index in [1.807, 2.05) is 6.08 Å². The van der Waals surface area contributed by atoms with Crippen LogP contribution >= 0.6 is 0 Å². The molecule has 66 heavy (non-hydrogen) atoms. The van der Waals surface area contributed by atoms with Gasteiger partial charge in [-0.2, -0.15) is 0 Å². The Balaban J connectivity index is 2.76. The third kappa shape index (κ3) is 32.8. The quantitative estimate of drug-likeness (QED) is 0.0196. The minimum absolute atomic E-state index is 0.116. The Morgan fingerprint density at radius 1 is 0.576 bits per heavy atom. The van der Waals surface area contributed by atoms with E-state index in [0.717, 1.165) is 77.0 Å². The molecule has 1 fully saturated rings. The number of unbranched alkanes of at least 4 members (excludes halogenated alkanes) is 30. The van der Waals surface area contributed by atoms with E-state index in [0.29, 0.717) is 19.3 Å². The topological polar surface area (TPSA) is 175 Å². The molecule has 388 valence electrons. The predicted octanol–water partition coefficient (Wildman–Crippen LogP) is 11.8. The summed E-state index contributed by atoms with van der Waals surface area (Å²) in [6.45, 7) is 5.73. The van der Waals surface area contributed by atoms with Gasteiger partial charge in [0.1, 0.15) is 24.4 Å². The lowest BCUT2D eigenvalue weighted by Gasteiger charge is -2.41. The predicted molar refractivity (Wildman–Crippen MR) is 269 cm³/mol. The van der Waals surface area contributed by atoms with E-state index in [-0.39, 0.29) is 13.0 Å². The molecular formula is C55H103NO10. The summed E-state index contributed by atoms with van der Waals surface area (Å²) in [5, 5.41) is 56.6. The number of rotatable bonds is 46. The van der Waals surface area contributed by atoms with Crippen molar-refractivity contribution in [2.24, 2.45) is 0 Å². The average Bonchev–Trinajstić information content (AvgIpc) is 3.31. The number of hydrogen-bond acceptors (Lipinski definition) is 10. The maximum atomic E-state index is 13.3. The number of amides is 1. The summed E-state index contributed by atoms with van der Waals surface area (Å²) >= 11 is 0. The summed E-state index contributed by atoms with van der Waals surface area (Å²) in [5.74, 6) is -1.20. The first-order chi connectivity index (χ1) is 32.2. The Bertz CT molecular complexity index is 1170. The zero-order valence-electron chi connectivity index (χ0n) is 42.6. The lowest BCUT2D eigenvalue weighted by Crippen LogP contribution is -2.61. The van der Waals surface area contributed by atoms with Crippen LogP contribution in [-0.2, 0) is 23.8 Å². The molecule has 0 aromatic rings. The number of allylic oxidation sites excluding steroid dienone is 3. The molecule has 8 atom stereocenters. The Labute approximate surface area is 403 Å². The lowest BCUT2D eigenvalue weighted by molar-refractivity contribution is -0.305. The number of aliphatic hydroxyl groups is 5. The van der Waals surface area contributed by atoms with Crippen molar-refractivity contribution < 1.29 is 49.3 Å². The summed E-state index contributed by atoms with van der Waals surface area (Å²) in [7, 11) is 0. The van der Waals surface area contributed by atoms with Crippen LogP contribution in [0.25, 0.3) is 0 Å². The summed E-state index contributed by atoms with van der Waals surface area (Å²) in [5.41, 5.74) is 0. The second-order valence-electron chi connectivity index (χ2n) is 19.3. The van der Waals surface area contributed by atoms with Crippen LogP contribution < -0.4 is 5.32 Å². The highest BCUT2D eigenvalue weighted by Gasteiger charge is 2.47. The van der Waals surface area contributed by atoms with Crippen LogP contribution in [0.15, 0.2) is 24.3 Å². The first-order valence-corrected chi connectivity index (χ1v) is 27.6. The molecule has 1 amide bonds. The SMILES string of the molecule is CCCC/C=C\CCCCCCCC(=O)OC1C(OCC(NC(=O)C(O)CCCCCCCCCCCCCCCC)C(O)/C=C/CCCCCCCCCCCC)OC(CO)C(O)C1O. The fourth-order valence-corrected chi connectivity index (χ4v) is 8.63. The summed E-state index contributed by atoms with van der Waals surface area (Å²) in [4.78, 5) is 26.3. The Hall–Kier alpha value is -1.86. The van der Waals surface area contributed by atoms with Gasteiger partial charge in [0.2, 0.25) is 5.91 Å². The van der Waals surface area contributed by atoms with Crippen molar-refractivity contribution in [2.45, 2.75) is 301 Å². The average molecular weight is 938 g/mol. The normalized spacial score (nSPS) is 20.3. The van der Waals surface area contributed by atoms with Crippen LogP contribution in [-0.4, -0.2) is 99.6 Å². The van der Waals surface area contributed by atoms with Gasteiger partial charge >= 0.3 is 5.97 Å². The molecule has 1 aliphatic rings. The van der Waals surface area contributed by atoms with E-state index < -0.39 is 67.4 Å². The van der Waals surface area contributed by atoms with Crippen molar-refractivity contribution >= 4 is 11.9 Å². The Morgan fingerprint density at radius 2 is 1.02 bits per heavy atom. The van der Waals surface area contributed by atoms with Crippen molar-refractivity contribution in [1.29, 1.82) is 0 Å². The van der Waals surface area contributed by atoms with Crippen LogP contribution in [0.4, 0.5) is 0 Å². The van der Waals surface area contributed by atoms with Crippen LogP contribution in [0.5, 0.6) is 0 Å². The standard InChI is InChI=1S/C55H103NO10/c1-4-7-10-13-16-19-22-24-25-28-30-33-36-39-42-48(59)54(63)56-46(47(58)41-38-35-32-29-27-23-20-17-14-11-8-5-2)45-64-55-53(52(62)51(61)49(44-57)65-55)66-50(60)43-40-37-34-31-26-21-18-15-12-9-6-3/h15,18,38,41,46-49,51-53,55,57-59,61-62H,4-14,16-17,19-37,39-40,42-45H2,1-3H3,(H,56,63)/b18-15-,41-38+. The van der Waals surface area contributed by atoms with Crippen molar-refractivity contribution in [1.82, 2.24) is 5.32 Å². The van der Waals surface area contributed by atoms with Gasteiger partial charge in [0, 0.05) is 6.42 Å². The van der Waals surface area contributed by atoms with Gasteiger partial charge < -0.3 is 45.1 Å². The maximum Gasteiger partial charge on any atom is 0.306 e. The van der Waals surface area contributed by atoms with Gasteiger partial charge in [-0.1, -0.05) is 225 Å². The molecule has 1 saturated heterocycles. The molecule has 0 radical (unpaired) electrons. The number of hydrogen-bond donors (Lipinski definition) is 6. The molecule has 0 aromatic carbocycles. The molecule has 0 bridgehead atoms. The smallest absolute Gasteiger partial charge is 0.306 e. The first kappa shape index (κ1) is 62.2. The van der Waals surface area contributed by atoms with E-state index in [4.69, 9.17) is 14.2 Å². The molecule has 11 heteroatoms. The van der Waals surface area contributed by atoms with Crippen LogP contribution in [0, 0.1) is 0 Å². The van der Waals surface area contributed by atoms with E-state index in [2.05, 4.69) is 38.2 Å². The van der Waals surface area contributed by atoms with Gasteiger partial charge in [-0.15, -0.1) is 0 Å². The molecule has 0 spiro atoms. The zero-order chi connectivity index (χ0) is 48.3. The van der Waals surface area contributed by atoms with Gasteiger partial charge in [-0.05, 0) is 44.9 Å². The van der Waals surface area contributed by atoms with Crippen LogP contribution in [0.3, 0.4) is 0 Å². The minimum Gasteiger partial charge on any atom is -0.454 e. The summed E-state index contributed by atoms with van der Waals surface area (Å²) < 4.78 is 17.5.